The zero-order chi connectivity index (χ0) is 12.3. The van der Waals surface area contributed by atoms with Crippen LogP contribution in [-0.4, -0.2) is 23.9 Å². The van der Waals surface area contributed by atoms with Gasteiger partial charge in [-0.1, -0.05) is 12.1 Å². The van der Waals surface area contributed by atoms with E-state index in [4.69, 9.17) is 10.5 Å². The Morgan fingerprint density at radius 2 is 2.12 bits per heavy atom. The Labute approximate surface area is 103 Å². The molecule has 0 aromatic heterocycles. The Kier molecular flexibility index (Phi) is 3.69. The summed E-state index contributed by atoms with van der Waals surface area (Å²) in [6.45, 7) is 3.03. The smallest absolute Gasteiger partial charge is 0.119 e. The van der Waals surface area contributed by atoms with E-state index < -0.39 is 5.60 Å². The molecule has 0 heterocycles. The average Bonchev–Trinajstić information content (AvgIpc) is 2.74. The van der Waals surface area contributed by atoms with E-state index in [-0.39, 0.29) is 0 Å². The molecule has 1 saturated carbocycles. The van der Waals surface area contributed by atoms with Crippen LogP contribution in [0.5, 0.6) is 5.75 Å². The summed E-state index contributed by atoms with van der Waals surface area (Å²) in [5.41, 5.74) is 6.23. The van der Waals surface area contributed by atoms with Crippen molar-refractivity contribution in [3.8, 4) is 5.75 Å². The van der Waals surface area contributed by atoms with Crippen molar-refractivity contribution in [2.45, 2.75) is 37.7 Å². The highest BCUT2D eigenvalue weighted by atomic mass is 16.5. The topological polar surface area (TPSA) is 55.5 Å². The van der Waals surface area contributed by atoms with Gasteiger partial charge in [-0.25, -0.2) is 0 Å². The van der Waals surface area contributed by atoms with Crippen molar-refractivity contribution in [2.75, 3.05) is 13.2 Å². The Balaban J connectivity index is 2.04. The van der Waals surface area contributed by atoms with E-state index in [0.717, 1.165) is 25.0 Å². The number of nitrogens with two attached hydrogens (primary N) is 1. The van der Waals surface area contributed by atoms with Crippen LogP contribution < -0.4 is 10.5 Å². The predicted molar refractivity (Wildman–Crippen MR) is 68.2 cm³/mol. The lowest BCUT2D eigenvalue weighted by atomic mass is 9.94. The number of hydrogen-bond acceptors (Lipinski definition) is 3. The predicted octanol–water partition coefficient (Wildman–Crippen LogP) is 2.04. The van der Waals surface area contributed by atoms with Gasteiger partial charge in [0.05, 0.1) is 12.2 Å². The monoisotopic (exact) mass is 235 g/mol. The Bertz CT molecular complexity index is 363. The highest BCUT2D eigenvalue weighted by Crippen LogP contribution is 2.40. The molecule has 2 atom stereocenters. The van der Waals surface area contributed by atoms with Gasteiger partial charge in [0.1, 0.15) is 5.75 Å². The van der Waals surface area contributed by atoms with E-state index in [1.807, 2.05) is 19.1 Å². The average molecular weight is 235 g/mol. The van der Waals surface area contributed by atoms with Crippen LogP contribution in [0.15, 0.2) is 24.3 Å². The first-order chi connectivity index (χ1) is 8.17. The molecule has 0 amide bonds. The van der Waals surface area contributed by atoms with Crippen molar-refractivity contribution in [3.05, 3.63) is 29.8 Å². The molecule has 2 unspecified atom stereocenters. The maximum Gasteiger partial charge on any atom is 0.119 e. The Morgan fingerprint density at radius 1 is 1.41 bits per heavy atom. The van der Waals surface area contributed by atoms with Crippen LogP contribution in [0.25, 0.3) is 0 Å². The first-order valence-electron chi connectivity index (χ1n) is 6.32. The molecule has 0 radical (unpaired) electrons. The summed E-state index contributed by atoms with van der Waals surface area (Å²) in [6.07, 6.45) is 2.60. The SMILES string of the molecule is CCOc1ccc(C2CCC(O)(CN)C2)cc1. The maximum atomic E-state index is 10.1. The summed E-state index contributed by atoms with van der Waals surface area (Å²) < 4.78 is 5.42. The van der Waals surface area contributed by atoms with E-state index in [9.17, 15) is 5.11 Å². The van der Waals surface area contributed by atoms with Crippen LogP contribution in [0.2, 0.25) is 0 Å². The molecule has 3 heteroatoms. The van der Waals surface area contributed by atoms with Gasteiger partial charge in [0.2, 0.25) is 0 Å². The minimum Gasteiger partial charge on any atom is -0.494 e. The molecule has 1 aromatic carbocycles. The number of ether oxygens (including phenoxy) is 1. The molecule has 1 aromatic rings. The molecule has 3 nitrogen and oxygen atoms in total. The summed E-state index contributed by atoms with van der Waals surface area (Å²) in [6, 6.07) is 8.19. The second-order valence-corrected chi connectivity index (χ2v) is 4.87. The van der Waals surface area contributed by atoms with Crippen LogP contribution in [0.3, 0.4) is 0 Å². The highest BCUT2D eigenvalue weighted by Gasteiger charge is 2.36. The summed E-state index contributed by atoms with van der Waals surface area (Å²) in [4.78, 5) is 0. The van der Waals surface area contributed by atoms with E-state index >= 15 is 0 Å². The number of benzene rings is 1. The maximum absolute atomic E-state index is 10.1. The lowest BCUT2D eigenvalue weighted by molar-refractivity contribution is 0.0554. The molecule has 1 aliphatic rings. The minimum absolute atomic E-state index is 0.362. The van der Waals surface area contributed by atoms with Crippen LogP contribution in [0.4, 0.5) is 0 Å². The van der Waals surface area contributed by atoms with Gasteiger partial charge in [0, 0.05) is 6.54 Å². The van der Waals surface area contributed by atoms with Gasteiger partial charge >= 0.3 is 0 Å². The van der Waals surface area contributed by atoms with Crippen molar-refractivity contribution < 1.29 is 9.84 Å². The van der Waals surface area contributed by atoms with E-state index in [1.165, 1.54) is 5.56 Å². The van der Waals surface area contributed by atoms with Gasteiger partial charge < -0.3 is 15.6 Å². The van der Waals surface area contributed by atoms with Crippen LogP contribution in [0, 0.1) is 0 Å². The Morgan fingerprint density at radius 3 is 2.65 bits per heavy atom. The summed E-state index contributed by atoms with van der Waals surface area (Å²) in [5.74, 6) is 1.34. The molecule has 1 fully saturated rings. The zero-order valence-electron chi connectivity index (χ0n) is 10.4. The largest absolute Gasteiger partial charge is 0.494 e. The van der Waals surface area contributed by atoms with Crippen molar-refractivity contribution in [2.24, 2.45) is 5.73 Å². The van der Waals surface area contributed by atoms with Gasteiger partial charge in [-0.3, -0.25) is 0 Å². The van der Waals surface area contributed by atoms with E-state index in [2.05, 4.69) is 12.1 Å². The van der Waals surface area contributed by atoms with E-state index in [1.54, 1.807) is 0 Å². The zero-order valence-corrected chi connectivity index (χ0v) is 10.4. The van der Waals surface area contributed by atoms with Crippen LogP contribution in [0.1, 0.15) is 37.7 Å². The molecule has 0 bridgehead atoms. The van der Waals surface area contributed by atoms with Gasteiger partial charge in [-0.05, 0) is 49.8 Å². The normalized spacial score (nSPS) is 28.3. The van der Waals surface area contributed by atoms with Gasteiger partial charge in [0.15, 0.2) is 0 Å². The fourth-order valence-corrected chi connectivity index (χ4v) is 2.58. The molecule has 17 heavy (non-hydrogen) atoms. The summed E-state index contributed by atoms with van der Waals surface area (Å²) in [5, 5.41) is 10.1. The molecular formula is C14H21NO2. The second kappa shape index (κ2) is 5.07. The highest BCUT2D eigenvalue weighted by molar-refractivity contribution is 5.30. The van der Waals surface area contributed by atoms with Crippen molar-refractivity contribution in [3.63, 3.8) is 0 Å². The summed E-state index contributed by atoms with van der Waals surface area (Å²) >= 11 is 0. The van der Waals surface area contributed by atoms with Crippen molar-refractivity contribution in [1.82, 2.24) is 0 Å². The number of aliphatic hydroxyl groups is 1. The van der Waals surface area contributed by atoms with Crippen LogP contribution >= 0.6 is 0 Å². The first kappa shape index (κ1) is 12.4. The number of hydrogen-bond donors (Lipinski definition) is 2. The third kappa shape index (κ3) is 2.79. The van der Waals surface area contributed by atoms with Crippen LogP contribution in [-0.2, 0) is 0 Å². The quantitative estimate of drug-likeness (QED) is 0.839. The lowest BCUT2D eigenvalue weighted by Gasteiger charge is -2.20. The van der Waals surface area contributed by atoms with Crippen molar-refractivity contribution >= 4 is 0 Å². The molecule has 1 aliphatic carbocycles. The fraction of sp³-hybridized carbons (Fsp3) is 0.571. The van der Waals surface area contributed by atoms with Gasteiger partial charge in [0.25, 0.3) is 0 Å². The number of rotatable bonds is 4. The lowest BCUT2D eigenvalue weighted by Crippen LogP contribution is -2.34. The third-order valence-electron chi connectivity index (χ3n) is 3.63. The first-order valence-corrected chi connectivity index (χ1v) is 6.32. The third-order valence-corrected chi connectivity index (χ3v) is 3.63. The standard InChI is InChI=1S/C14H21NO2/c1-2-17-13-5-3-11(4-6-13)12-7-8-14(16,9-12)10-15/h3-6,12,16H,2,7-10,15H2,1H3. The molecular weight excluding hydrogens is 214 g/mol. The molecule has 94 valence electrons. The van der Waals surface area contributed by atoms with E-state index in [0.29, 0.717) is 19.1 Å². The molecule has 0 spiro atoms. The second-order valence-electron chi connectivity index (χ2n) is 4.87. The molecule has 0 saturated heterocycles. The Hall–Kier alpha value is -1.06. The summed E-state index contributed by atoms with van der Waals surface area (Å²) in [7, 11) is 0. The molecule has 3 N–H and O–H groups in total. The molecule has 2 rings (SSSR count). The molecule has 0 aliphatic heterocycles. The fourth-order valence-electron chi connectivity index (χ4n) is 2.58. The minimum atomic E-state index is -0.650. The van der Waals surface area contributed by atoms with Gasteiger partial charge in [-0.15, -0.1) is 0 Å². The van der Waals surface area contributed by atoms with Gasteiger partial charge in [-0.2, -0.15) is 0 Å². The van der Waals surface area contributed by atoms with Crippen molar-refractivity contribution in [1.29, 1.82) is 0 Å².